The number of aryl methyl sites for hydroxylation is 1. The Kier molecular flexibility index (Phi) is 9.38. The van der Waals surface area contributed by atoms with Crippen LogP contribution in [0.4, 0.5) is 8.78 Å². The van der Waals surface area contributed by atoms with Crippen molar-refractivity contribution in [3.05, 3.63) is 65.7 Å². The predicted octanol–water partition coefficient (Wildman–Crippen LogP) is 4.63. The first-order chi connectivity index (χ1) is 16.8. The minimum atomic E-state index is -0.807. The van der Waals surface area contributed by atoms with E-state index in [0.717, 1.165) is 23.3 Å². The maximum Gasteiger partial charge on any atom is 0.222 e. The summed E-state index contributed by atoms with van der Waals surface area (Å²) in [6, 6.07) is 12.8. The SMILES string of the molecule is C#CCOC[C@H](O)CN(Cc1c(-c2ccccc2)nn(C)c1Oc1ccc(F)cc1F)CC(C)C. The summed E-state index contributed by atoms with van der Waals surface area (Å²) in [6.07, 6.45) is 4.47. The van der Waals surface area contributed by atoms with Gasteiger partial charge in [0.1, 0.15) is 18.1 Å². The number of ether oxygens (including phenoxy) is 2. The Morgan fingerprint density at radius 2 is 1.89 bits per heavy atom. The molecule has 1 heterocycles. The molecule has 0 spiro atoms. The summed E-state index contributed by atoms with van der Waals surface area (Å²) in [5, 5.41) is 15.2. The molecule has 0 radical (unpaired) electrons. The monoisotopic (exact) mass is 483 g/mol. The minimum Gasteiger partial charge on any atom is -0.436 e. The normalized spacial score (nSPS) is 12.2. The van der Waals surface area contributed by atoms with Crippen LogP contribution in [0.3, 0.4) is 0 Å². The number of terminal acetylenes is 1. The van der Waals surface area contributed by atoms with Crippen LogP contribution in [-0.4, -0.2) is 52.2 Å². The highest BCUT2D eigenvalue weighted by atomic mass is 19.1. The molecule has 0 saturated carbocycles. The molecule has 6 nitrogen and oxygen atoms in total. The Morgan fingerprint density at radius 1 is 1.14 bits per heavy atom. The van der Waals surface area contributed by atoms with E-state index in [1.54, 1.807) is 11.7 Å². The summed E-state index contributed by atoms with van der Waals surface area (Å²) < 4.78 is 40.6. The molecule has 0 unspecified atom stereocenters. The highest BCUT2D eigenvalue weighted by Crippen LogP contribution is 2.35. The third-order valence-electron chi connectivity index (χ3n) is 5.21. The molecule has 1 aromatic heterocycles. The summed E-state index contributed by atoms with van der Waals surface area (Å²) in [5.41, 5.74) is 2.27. The fraction of sp³-hybridized carbons (Fsp3) is 0.370. The smallest absolute Gasteiger partial charge is 0.222 e. The second kappa shape index (κ2) is 12.5. The fourth-order valence-electron chi connectivity index (χ4n) is 3.86. The maximum absolute atomic E-state index is 14.4. The summed E-state index contributed by atoms with van der Waals surface area (Å²) >= 11 is 0. The van der Waals surface area contributed by atoms with Gasteiger partial charge in [-0.15, -0.1) is 6.42 Å². The Bertz CT molecular complexity index is 1140. The Balaban J connectivity index is 1.98. The number of aliphatic hydroxyl groups excluding tert-OH is 1. The van der Waals surface area contributed by atoms with E-state index in [9.17, 15) is 13.9 Å². The number of hydrogen-bond donors (Lipinski definition) is 1. The molecule has 35 heavy (non-hydrogen) atoms. The third kappa shape index (κ3) is 7.36. The molecule has 3 rings (SSSR count). The highest BCUT2D eigenvalue weighted by molar-refractivity contribution is 5.65. The molecule has 1 N–H and O–H groups in total. The van der Waals surface area contributed by atoms with Crippen LogP contribution in [0.1, 0.15) is 19.4 Å². The van der Waals surface area contributed by atoms with Gasteiger partial charge in [0.2, 0.25) is 5.88 Å². The lowest BCUT2D eigenvalue weighted by molar-refractivity contribution is 0.0237. The van der Waals surface area contributed by atoms with E-state index in [1.165, 1.54) is 6.07 Å². The standard InChI is InChI=1S/C27H31F2N3O3/c1-5-13-34-18-22(33)16-32(15-19(2)3)17-23-26(20-9-7-6-8-10-20)30-31(4)27(23)35-25-12-11-21(28)14-24(25)29/h1,6-12,14,19,22,33H,13,15-18H2,2-4H3/t22-/m1/s1. The molecule has 0 fully saturated rings. The van der Waals surface area contributed by atoms with E-state index in [2.05, 4.69) is 29.8 Å². The molecular formula is C27H31F2N3O3. The Labute approximate surface area is 205 Å². The van der Waals surface area contributed by atoms with Crippen LogP contribution in [0.15, 0.2) is 48.5 Å². The summed E-state index contributed by atoms with van der Waals surface area (Å²) in [5.74, 6) is 1.43. The zero-order chi connectivity index (χ0) is 25.4. The average Bonchev–Trinajstić information content (AvgIpc) is 3.11. The molecular weight excluding hydrogens is 452 g/mol. The molecule has 2 aromatic carbocycles. The number of halogens is 2. The largest absolute Gasteiger partial charge is 0.436 e. The van der Waals surface area contributed by atoms with Crippen molar-refractivity contribution in [1.29, 1.82) is 0 Å². The highest BCUT2D eigenvalue weighted by Gasteiger charge is 2.24. The van der Waals surface area contributed by atoms with Crippen LogP contribution in [0.2, 0.25) is 0 Å². The van der Waals surface area contributed by atoms with Gasteiger partial charge in [0.15, 0.2) is 11.6 Å². The van der Waals surface area contributed by atoms with Crippen LogP contribution in [0, 0.1) is 29.9 Å². The number of nitrogens with zero attached hydrogens (tertiary/aromatic N) is 3. The zero-order valence-electron chi connectivity index (χ0n) is 20.2. The van der Waals surface area contributed by atoms with Crippen LogP contribution < -0.4 is 4.74 Å². The van der Waals surface area contributed by atoms with Gasteiger partial charge < -0.3 is 14.6 Å². The molecule has 1 atom stereocenters. The van der Waals surface area contributed by atoms with Gasteiger partial charge in [0.25, 0.3) is 0 Å². The molecule has 0 saturated heterocycles. The van der Waals surface area contributed by atoms with E-state index < -0.39 is 17.7 Å². The molecule has 0 bridgehead atoms. The maximum atomic E-state index is 14.4. The first-order valence-corrected chi connectivity index (χ1v) is 11.4. The summed E-state index contributed by atoms with van der Waals surface area (Å²) in [7, 11) is 1.71. The predicted molar refractivity (Wildman–Crippen MR) is 131 cm³/mol. The molecule has 0 amide bonds. The van der Waals surface area contributed by atoms with Gasteiger partial charge in [0.05, 0.1) is 18.3 Å². The van der Waals surface area contributed by atoms with E-state index >= 15 is 0 Å². The molecule has 186 valence electrons. The lowest BCUT2D eigenvalue weighted by Gasteiger charge is -2.27. The van der Waals surface area contributed by atoms with Crippen molar-refractivity contribution < 1.29 is 23.4 Å². The van der Waals surface area contributed by atoms with Crippen molar-refractivity contribution in [3.8, 4) is 35.2 Å². The Hall–Kier alpha value is -3.25. The van der Waals surface area contributed by atoms with Crippen molar-refractivity contribution in [1.82, 2.24) is 14.7 Å². The Morgan fingerprint density at radius 3 is 2.54 bits per heavy atom. The lowest BCUT2D eigenvalue weighted by atomic mass is 10.1. The van der Waals surface area contributed by atoms with E-state index in [-0.39, 0.29) is 19.0 Å². The summed E-state index contributed by atoms with van der Waals surface area (Å²) in [4.78, 5) is 2.08. The average molecular weight is 484 g/mol. The van der Waals surface area contributed by atoms with E-state index in [0.29, 0.717) is 37.1 Å². The van der Waals surface area contributed by atoms with Crippen molar-refractivity contribution in [3.63, 3.8) is 0 Å². The van der Waals surface area contributed by atoms with Crippen LogP contribution in [0.5, 0.6) is 11.6 Å². The van der Waals surface area contributed by atoms with Crippen molar-refractivity contribution >= 4 is 0 Å². The van der Waals surface area contributed by atoms with Gasteiger partial charge in [-0.1, -0.05) is 50.1 Å². The quantitative estimate of drug-likeness (QED) is 0.301. The number of aliphatic hydroxyl groups is 1. The van der Waals surface area contributed by atoms with Crippen LogP contribution in [-0.2, 0) is 18.3 Å². The molecule has 8 heteroatoms. The topological polar surface area (TPSA) is 59.8 Å². The number of rotatable bonds is 12. The molecule has 0 aliphatic heterocycles. The van der Waals surface area contributed by atoms with Gasteiger partial charge in [-0.2, -0.15) is 5.10 Å². The van der Waals surface area contributed by atoms with Gasteiger partial charge in [0, 0.05) is 38.3 Å². The molecule has 3 aromatic rings. The van der Waals surface area contributed by atoms with Crippen LogP contribution in [0.25, 0.3) is 11.3 Å². The van der Waals surface area contributed by atoms with Gasteiger partial charge in [-0.3, -0.25) is 4.90 Å². The fourth-order valence-corrected chi connectivity index (χ4v) is 3.86. The van der Waals surface area contributed by atoms with Gasteiger partial charge in [-0.25, -0.2) is 13.5 Å². The summed E-state index contributed by atoms with van der Waals surface area (Å²) in [6.45, 7) is 5.79. The van der Waals surface area contributed by atoms with Gasteiger partial charge >= 0.3 is 0 Å². The second-order valence-electron chi connectivity index (χ2n) is 8.76. The van der Waals surface area contributed by atoms with Crippen molar-refractivity contribution in [2.24, 2.45) is 13.0 Å². The number of aromatic nitrogens is 2. The van der Waals surface area contributed by atoms with E-state index in [4.69, 9.17) is 15.9 Å². The first-order valence-electron chi connectivity index (χ1n) is 11.4. The number of hydrogen-bond acceptors (Lipinski definition) is 5. The van der Waals surface area contributed by atoms with Crippen LogP contribution >= 0.6 is 0 Å². The van der Waals surface area contributed by atoms with E-state index in [1.807, 2.05) is 30.3 Å². The lowest BCUT2D eigenvalue weighted by Crippen LogP contribution is -2.37. The molecule has 0 aliphatic carbocycles. The minimum absolute atomic E-state index is 0.103. The van der Waals surface area contributed by atoms with Gasteiger partial charge in [-0.05, 0) is 18.1 Å². The van der Waals surface area contributed by atoms with Crippen molar-refractivity contribution in [2.75, 3.05) is 26.3 Å². The number of benzene rings is 2. The second-order valence-corrected chi connectivity index (χ2v) is 8.76. The zero-order valence-corrected chi connectivity index (χ0v) is 20.2. The first kappa shape index (κ1) is 26.4. The molecule has 0 aliphatic rings. The third-order valence-corrected chi connectivity index (χ3v) is 5.21. The van der Waals surface area contributed by atoms with Crippen molar-refractivity contribution in [2.45, 2.75) is 26.5 Å².